The van der Waals surface area contributed by atoms with Crippen LogP contribution >= 0.6 is 0 Å². The Morgan fingerprint density at radius 3 is 2.24 bits per heavy atom. The number of nitrogens with zero attached hydrogens (tertiary/aromatic N) is 1. The van der Waals surface area contributed by atoms with Crippen molar-refractivity contribution < 1.29 is 28.5 Å². The molecule has 0 radical (unpaired) electrons. The van der Waals surface area contributed by atoms with Crippen molar-refractivity contribution in [2.75, 3.05) is 59.3 Å². The predicted molar refractivity (Wildman–Crippen MR) is 257 cm³/mol. The zero-order valence-electron chi connectivity index (χ0n) is 41.3. The van der Waals surface area contributed by atoms with Crippen LogP contribution in [0.4, 0.5) is 4.79 Å². The number of carbonyl (C=O) groups is 1. The number of ether oxygens (including phenoxy) is 5. The Bertz CT molecular complexity index is 1290. The van der Waals surface area contributed by atoms with Gasteiger partial charge in [0.1, 0.15) is 12.7 Å². The highest BCUT2D eigenvalue weighted by molar-refractivity contribution is 5.60. The zero-order chi connectivity index (χ0) is 44.0. The van der Waals surface area contributed by atoms with E-state index in [0.717, 1.165) is 101 Å². The van der Waals surface area contributed by atoms with Crippen LogP contribution < -0.4 is 0 Å². The SMILES string of the molecule is CCCCCCCCC=CCCCCCCCCOCC(CN1CCOCC1)OCCOC(=O)OC1CCC2(C)C(=CCC3C2CCC2(C)C(C(C)CCCC(C)C)CCC32)C1. The molecule has 7 heteroatoms. The molecule has 0 aromatic carbocycles. The Hall–Kier alpha value is -1.41. The van der Waals surface area contributed by atoms with Crippen LogP contribution in [0.3, 0.4) is 0 Å². The van der Waals surface area contributed by atoms with E-state index in [9.17, 15) is 4.79 Å². The van der Waals surface area contributed by atoms with Crippen molar-refractivity contribution in [1.29, 1.82) is 0 Å². The van der Waals surface area contributed by atoms with Gasteiger partial charge < -0.3 is 23.7 Å². The zero-order valence-corrected chi connectivity index (χ0v) is 41.3. The Balaban J connectivity index is 0.944. The Morgan fingerprint density at radius 2 is 1.52 bits per heavy atom. The van der Waals surface area contributed by atoms with Crippen LogP contribution in [0.15, 0.2) is 23.8 Å². The van der Waals surface area contributed by atoms with E-state index in [1.54, 1.807) is 5.57 Å². The van der Waals surface area contributed by atoms with E-state index in [1.165, 1.54) is 135 Å². The van der Waals surface area contributed by atoms with Gasteiger partial charge in [0.2, 0.25) is 0 Å². The number of rotatable bonds is 30. The summed E-state index contributed by atoms with van der Waals surface area (Å²) in [5.41, 5.74) is 2.30. The predicted octanol–water partition coefficient (Wildman–Crippen LogP) is 14.3. The molecule has 7 nitrogen and oxygen atoms in total. The number of allylic oxidation sites excluding steroid dienone is 3. The van der Waals surface area contributed by atoms with Crippen molar-refractivity contribution >= 4 is 6.16 Å². The van der Waals surface area contributed by atoms with Crippen molar-refractivity contribution in [3.05, 3.63) is 23.8 Å². The molecule has 5 aliphatic rings. The largest absolute Gasteiger partial charge is 0.508 e. The molecule has 9 atom stereocenters. The van der Waals surface area contributed by atoms with E-state index < -0.39 is 6.16 Å². The molecule has 0 bridgehead atoms. The molecule has 62 heavy (non-hydrogen) atoms. The standard InChI is InChI=1S/C55H97NO6/c1-7-8-9-10-11-12-13-14-15-16-17-18-19-20-21-22-36-59-43-48(42-56-34-37-58-38-35-56)60-39-40-61-53(57)62-47-30-32-54(5)46(41-47)26-27-49-51-29-28-50(45(4)25-23-24-44(2)3)55(51,6)33-31-52(49)54/h14-15,26,44-45,47-52H,7-13,16-25,27-43H2,1-6H3. The number of carbonyl (C=O) groups excluding carboxylic acids is 1. The van der Waals surface area contributed by atoms with Crippen molar-refractivity contribution in [3.63, 3.8) is 0 Å². The van der Waals surface area contributed by atoms with Crippen LogP contribution in [0.25, 0.3) is 0 Å². The Morgan fingerprint density at radius 1 is 0.806 bits per heavy atom. The van der Waals surface area contributed by atoms with Crippen LogP contribution in [0.1, 0.15) is 202 Å². The maximum Gasteiger partial charge on any atom is 0.508 e. The first-order chi connectivity index (χ1) is 30.1. The molecule has 1 aliphatic heterocycles. The van der Waals surface area contributed by atoms with Gasteiger partial charge in [-0.05, 0) is 123 Å². The molecule has 3 saturated carbocycles. The molecule has 1 heterocycles. The summed E-state index contributed by atoms with van der Waals surface area (Å²) < 4.78 is 29.6. The topological polar surface area (TPSA) is 66.5 Å². The molecule has 0 aromatic rings. The summed E-state index contributed by atoms with van der Waals surface area (Å²) in [5.74, 6) is 4.99. The van der Waals surface area contributed by atoms with E-state index >= 15 is 0 Å². The fourth-order valence-electron chi connectivity index (χ4n) is 13.2. The number of fused-ring (bicyclic) bond motifs is 5. The summed E-state index contributed by atoms with van der Waals surface area (Å²) in [6, 6.07) is 0. The molecule has 4 aliphatic carbocycles. The summed E-state index contributed by atoms with van der Waals surface area (Å²) in [4.78, 5) is 15.4. The molecular weight excluding hydrogens is 771 g/mol. The first-order valence-corrected chi connectivity index (χ1v) is 26.8. The average molecular weight is 868 g/mol. The minimum Gasteiger partial charge on any atom is -0.432 e. The molecule has 5 rings (SSSR count). The lowest BCUT2D eigenvalue weighted by Crippen LogP contribution is -2.51. The summed E-state index contributed by atoms with van der Waals surface area (Å²) >= 11 is 0. The molecule has 358 valence electrons. The minimum absolute atomic E-state index is 0.0641. The Kier molecular flexibility index (Phi) is 23.2. The minimum atomic E-state index is -0.551. The van der Waals surface area contributed by atoms with E-state index in [0.29, 0.717) is 18.6 Å². The van der Waals surface area contributed by atoms with E-state index in [-0.39, 0.29) is 24.2 Å². The van der Waals surface area contributed by atoms with Gasteiger partial charge in [0.05, 0.1) is 32.5 Å². The van der Waals surface area contributed by atoms with Crippen molar-refractivity contribution in [2.24, 2.45) is 46.3 Å². The van der Waals surface area contributed by atoms with Crippen molar-refractivity contribution in [2.45, 2.75) is 214 Å². The molecule has 4 fully saturated rings. The fourth-order valence-corrected chi connectivity index (χ4v) is 13.2. The third kappa shape index (κ3) is 16.2. The average Bonchev–Trinajstić information content (AvgIpc) is 3.62. The van der Waals surface area contributed by atoms with E-state index in [2.05, 4.69) is 64.7 Å². The van der Waals surface area contributed by atoms with Gasteiger partial charge in [0, 0.05) is 32.7 Å². The number of morpholine rings is 1. The first kappa shape index (κ1) is 51.6. The van der Waals surface area contributed by atoms with Crippen LogP contribution in [0.2, 0.25) is 0 Å². The van der Waals surface area contributed by atoms with Gasteiger partial charge in [-0.2, -0.15) is 0 Å². The molecule has 0 amide bonds. The van der Waals surface area contributed by atoms with Gasteiger partial charge in [0.15, 0.2) is 0 Å². The normalized spacial score (nSPS) is 29.9. The summed E-state index contributed by atoms with van der Waals surface area (Å²) in [6.07, 6.45) is 38.9. The maximum absolute atomic E-state index is 13.0. The molecular formula is C55H97NO6. The molecule has 0 N–H and O–H groups in total. The number of hydrogen-bond acceptors (Lipinski definition) is 7. The van der Waals surface area contributed by atoms with Gasteiger partial charge in [-0.1, -0.05) is 142 Å². The molecule has 0 aromatic heterocycles. The van der Waals surface area contributed by atoms with Crippen molar-refractivity contribution in [3.8, 4) is 0 Å². The third-order valence-corrected chi connectivity index (χ3v) is 16.8. The number of hydrogen-bond donors (Lipinski definition) is 0. The van der Waals surface area contributed by atoms with Gasteiger partial charge in [-0.25, -0.2) is 4.79 Å². The van der Waals surface area contributed by atoms with Gasteiger partial charge in [0.25, 0.3) is 0 Å². The lowest BCUT2D eigenvalue weighted by Gasteiger charge is -2.58. The highest BCUT2D eigenvalue weighted by Gasteiger charge is 2.59. The Labute approximate surface area is 382 Å². The van der Waals surface area contributed by atoms with Crippen LogP contribution in [-0.2, 0) is 23.7 Å². The quantitative estimate of drug-likeness (QED) is 0.0405. The highest BCUT2D eigenvalue weighted by atomic mass is 16.7. The lowest BCUT2D eigenvalue weighted by molar-refractivity contribution is -0.0696. The molecule has 9 unspecified atom stereocenters. The highest BCUT2D eigenvalue weighted by Crippen LogP contribution is 2.67. The second-order valence-corrected chi connectivity index (χ2v) is 21.8. The lowest BCUT2D eigenvalue weighted by atomic mass is 9.47. The van der Waals surface area contributed by atoms with Gasteiger partial charge in [-0.15, -0.1) is 0 Å². The summed E-state index contributed by atoms with van der Waals surface area (Å²) in [7, 11) is 0. The monoisotopic (exact) mass is 868 g/mol. The van der Waals surface area contributed by atoms with Gasteiger partial charge >= 0.3 is 6.16 Å². The fraction of sp³-hybridized carbons (Fsp3) is 0.909. The van der Waals surface area contributed by atoms with Gasteiger partial charge in [-0.3, -0.25) is 4.90 Å². The summed E-state index contributed by atoms with van der Waals surface area (Å²) in [6.45, 7) is 20.8. The smallest absolute Gasteiger partial charge is 0.432 e. The molecule has 0 spiro atoms. The third-order valence-electron chi connectivity index (χ3n) is 16.8. The van der Waals surface area contributed by atoms with Crippen LogP contribution in [-0.4, -0.2) is 82.5 Å². The van der Waals surface area contributed by atoms with E-state index in [4.69, 9.17) is 23.7 Å². The number of unbranched alkanes of at least 4 members (excludes halogenated alkanes) is 12. The van der Waals surface area contributed by atoms with Crippen LogP contribution in [0.5, 0.6) is 0 Å². The van der Waals surface area contributed by atoms with Crippen molar-refractivity contribution in [1.82, 2.24) is 4.90 Å². The van der Waals surface area contributed by atoms with Crippen LogP contribution in [0, 0.1) is 46.3 Å². The summed E-state index contributed by atoms with van der Waals surface area (Å²) in [5, 5.41) is 0. The van der Waals surface area contributed by atoms with E-state index in [1.807, 2.05) is 0 Å². The second-order valence-electron chi connectivity index (χ2n) is 21.8. The second kappa shape index (κ2) is 27.9. The first-order valence-electron chi connectivity index (χ1n) is 26.8. The molecule has 1 saturated heterocycles. The maximum atomic E-state index is 13.0.